The third kappa shape index (κ3) is 6.86. The number of aryl methyl sites for hydroxylation is 1. The Morgan fingerprint density at radius 2 is 1.77 bits per heavy atom. The van der Waals surface area contributed by atoms with Crippen LogP contribution in [0.5, 0.6) is 5.75 Å². The molecule has 214 valence electrons. The van der Waals surface area contributed by atoms with Gasteiger partial charge in [0.2, 0.25) is 11.8 Å². The normalized spacial score (nSPS) is 16.2. The summed E-state index contributed by atoms with van der Waals surface area (Å²) in [7, 11) is 1.64. The van der Waals surface area contributed by atoms with Gasteiger partial charge in [-0.05, 0) is 51.0 Å². The molecule has 8 nitrogen and oxygen atoms in total. The number of unbranched alkanes of at least 4 members (excludes halogenated alkanes) is 1. The van der Waals surface area contributed by atoms with E-state index in [9.17, 15) is 9.59 Å². The number of hydrogen-bond acceptors (Lipinski definition) is 6. The smallest absolute Gasteiger partial charge is 0.233 e. The number of hydrogen-bond donors (Lipinski definition) is 0. The van der Waals surface area contributed by atoms with E-state index in [0.29, 0.717) is 24.8 Å². The molecule has 1 aliphatic rings. The fourth-order valence-electron chi connectivity index (χ4n) is 5.13. The quantitative estimate of drug-likeness (QED) is 0.282. The minimum absolute atomic E-state index is 0.00182. The van der Waals surface area contributed by atoms with E-state index < -0.39 is 0 Å². The molecule has 0 spiro atoms. The zero-order valence-electron chi connectivity index (χ0n) is 24.3. The maximum atomic E-state index is 13.3. The van der Waals surface area contributed by atoms with Gasteiger partial charge in [-0.15, -0.1) is 10.2 Å². The van der Waals surface area contributed by atoms with Crippen molar-refractivity contribution in [2.45, 2.75) is 64.6 Å². The summed E-state index contributed by atoms with van der Waals surface area (Å²) in [6.07, 6.45) is 3.97. The second-order valence-electron chi connectivity index (χ2n) is 10.5. The van der Waals surface area contributed by atoms with Crippen LogP contribution in [0.3, 0.4) is 0 Å². The molecule has 9 heteroatoms. The zero-order valence-corrected chi connectivity index (χ0v) is 25.1. The molecule has 0 saturated carbocycles. The SMILES string of the molecule is CCCCC(CC)C(=O)N1CCN(C(=O)CSc2nnc(-c3ccc(C)cc3)n2-c2ccc(OC)cc2)CC1C. The lowest BCUT2D eigenvalue weighted by Crippen LogP contribution is -2.56. The molecule has 3 aromatic rings. The van der Waals surface area contributed by atoms with Gasteiger partial charge in [-0.1, -0.05) is 68.3 Å². The Morgan fingerprint density at radius 3 is 2.40 bits per heavy atom. The van der Waals surface area contributed by atoms with Gasteiger partial charge in [0, 0.05) is 42.8 Å². The predicted molar refractivity (Wildman–Crippen MR) is 160 cm³/mol. The summed E-state index contributed by atoms with van der Waals surface area (Å²) in [5.74, 6) is 2.09. The van der Waals surface area contributed by atoms with Crippen LogP contribution in [0.25, 0.3) is 17.1 Å². The minimum Gasteiger partial charge on any atom is -0.497 e. The second kappa shape index (κ2) is 13.8. The highest BCUT2D eigenvalue weighted by Crippen LogP contribution is 2.29. The molecule has 40 heavy (non-hydrogen) atoms. The van der Waals surface area contributed by atoms with E-state index >= 15 is 0 Å². The summed E-state index contributed by atoms with van der Waals surface area (Å²) in [6.45, 7) is 10.0. The summed E-state index contributed by atoms with van der Waals surface area (Å²) in [4.78, 5) is 30.3. The number of carbonyl (C=O) groups excluding carboxylic acids is 2. The van der Waals surface area contributed by atoms with Crippen molar-refractivity contribution in [3.63, 3.8) is 0 Å². The number of piperazine rings is 1. The highest BCUT2D eigenvalue weighted by atomic mass is 32.2. The monoisotopic (exact) mass is 563 g/mol. The van der Waals surface area contributed by atoms with Crippen molar-refractivity contribution in [1.82, 2.24) is 24.6 Å². The van der Waals surface area contributed by atoms with Gasteiger partial charge in [0.15, 0.2) is 11.0 Å². The second-order valence-corrected chi connectivity index (χ2v) is 11.4. The lowest BCUT2D eigenvalue weighted by atomic mass is 9.96. The molecule has 1 aliphatic heterocycles. The minimum atomic E-state index is 0.00182. The number of thioether (sulfide) groups is 1. The van der Waals surface area contributed by atoms with E-state index in [2.05, 4.69) is 43.1 Å². The van der Waals surface area contributed by atoms with E-state index in [4.69, 9.17) is 4.74 Å². The van der Waals surface area contributed by atoms with Crippen LogP contribution in [0.15, 0.2) is 53.7 Å². The molecule has 0 radical (unpaired) electrons. The highest BCUT2D eigenvalue weighted by Gasteiger charge is 2.32. The van der Waals surface area contributed by atoms with E-state index in [-0.39, 0.29) is 29.5 Å². The number of aromatic nitrogens is 3. The number of carbonyl (C=O) groups is 2. The van der Waals surface area contributed by atoms with Crippen molar-refractivity contribution in [3.05, 3.63) is 54.1 Å². The molecule has 0 N–H and O–H groups in total. The van der Waals surface area contributed by atoms with Crippen LogP contribution in [0.1, 0.15) is 52.0 Å². The van der Waals surface area contributed by atoms with Crippen LogP contribution >= 0.6 is 11.8 Å². The molecule has 2 aromatic carbocycles. The maximum absolute atomic E-state index is 13.3. The molecular formula is C31H41N5O3S. The average Bonchev–Trinajstić information content (AvgIpc) is 3.40. The Hall–Kier alpha value is -3.33. The van der Waals surface area contributed by atoms with Crippen LogP contribution in [-0.4, -0.2) is 74.9 Å². The van der Waals surface area contributed by atoms with Gasteiger partial charge in [-0.3, -0.25) is 14.2 Å². The van der Waals surface area contributed by atoms with Gasteiger partial charge in [0.05, 0.1) is 12.9 Å². The largest absolute Gasteiger partial charge is 0.497 e. The molecule has 2 atom stereocenters. The van der Waals surface area contributed by atoms with Crippen molar-refractivity contribution in [2.24, 2.45) is 5.92 Å². The average molecular weight is 564 g/mol. The first-order valence-electron chi connectivity index (χ1n) is 14.2. The van der Waals surface area contributed by atoms with Crippen LogP contribution in [0, 0.1) is 12.8 Å². The maximum Gasteiger partial charge on any atom is 0.233 e. The predicted octanol–water partition coefficient (Wildman–Crippen LogP) is 5.62. The van der Waals surface area contributed by atoms with E-state index in [1.807, 2.05) is 57.7 Å². The van der Waals surface area contributed by atoms with Crippen molar-refractivity contribution in [2.75, 3.05) is 32.5 Å². The summed E-state index contributed by atoms with van der Waals surface area (Å²) in [5.41, 5.74) is 3.01. The highest BCUT2D eigenvalue weighted by molar-refractivity contribution is 7.99. The number of amides is 2. The number of ether oxygens (including phenoxy) is 1. The lowest BCUT2D eigenvalue weighted by molar-refractivity contribution is -0.144. The van der Waals surface area contributed by atoms with E-state index in [1.54, 1.807) is 7.11 Å². The molecule has 0 bridgehead atoms. The number of methoxy groups -OCH3 is 1. The molecule has 2 unspecified atom stereocenters. The fraction of sp³-hybridized carbons (Fsp3) is 0.484. The Balaban J connectivity index is 1.46. The first-order chi connectivity index (χ1) is 19.4. The van der Waals surface area contributed by atoms with E-state index in [1.165, 1.54) is 17.3 Å². The lowest BCUT2D eigenvalue weighted by Gasteiger charge is -2.41. The van der Waals surface area contributed by atoms with Crippen molar-refractivity contribution in [3.8, 4) is 22.8 Å². The Bertz CT molecular complexity index is 1280. The Kier molecular flexibility index (Phi) is 10.3. The van der Waals surface area contributed by atoms with Crippen molar-refractivity contribution < 1.29 is 14.3 Å². The Morgan fingerprint density at radius 1 is 1.05 bits per heavy atom. The first-order valence-corrected chi connectivity index (χ1v) is 15.2. The summed E-state index contributed by atoms with van der Waals surface area (Å²) >= 11 is 1.38. The Labute approximate surface area is 242 Å². The van der Waals surface area contributed by atoms with Gasteiger partial charge < -0.3 is 14.5 Å². The molecule has 1 saturated heterocycles. The van der Waals surface area contributed by atoms with Gasteiger partial charge in [0.1, 0.15) is 5.75 Å². The van der Waals surface area contributed by atoms with Gasteiger partial charge >= 0.3 is 0 Å². The van der Waals surface area contributed by atoms with Gasteiger partial charge in [0.25, 0.3) is 0 Å². The third-order valence-electron chi connectivity index (χ3n) is 7.61. The summed E-state index contributed by atoms with van der Waals surface area (Å²) in [5, 5.41) is 9.63. The van der Waals surface area contributed by atoms with Crippen LogP contribution in [0.4, 0.5) is 0 Å². The zero-order chi connectivity index (χ0) is 28.6. The molecule has 2 heterocycles. The fourth-order valence-corrected chi connectivity index (χ4v) is 5.99. The van der Waals surface area contributed by atoms with Crippen molar-refractivity contribution in [1.29, 1.82) is 0 Å². The molecular weight excluding hydrogens is 522 g/mol. The van der Waals surface area contributed by atoms with Crippen LogP contribution in [0.2, 0.25) is 0 Å². The molecule has 2 amide bonds. The van der Waals surface area contributed by atoms with Crippen LogP contribution < -0.4 is 4.74 Å². The number of nitrogens with zero attached hydrogens (tertiary/aromatic N) is 5. The van der Waals surface area contributed by atoms with E-state index in [0.717, 1.165) is 48.5 Å². The van der Waals surface area contributed by atoms with Crippen molar-refractivity contribution >= 4 is 23.6 Å². The number of rotatable bonds is 11. The molecule has 4 rings (SSSR count). The van der Waals surface area contributed by atoms with Crippen LogP contribution in [-0.2, 0) is 9.59 Å². The van der Waals surface area contributed by atoms with Gasteiger partial charge in [-0.2, -0.15) is 0 Å². The topological polar surface area (TPSA) is 80.6 Å². The van der Waals surface area contributed by atoms with Gasteiger partial charge in [-0.25, -0.2) is 0 Å². The summed E-state index contributed by atoms with van der Waals surface area (Å²) < 4.78 is 7.33. The molecule has 1 fully saturated rings. The first kappa shape index (κ1) is 29.6. The molecule has 0 aliphatic carbocycles. The third-order valence-corrected chi connectivity index (χ3v) is 8.52. The molecule has 1 aromatic heterocycles. The summed E-state index contributed by atoms with van der Waals surface area (Å²) in [6, 6.07) is 15.9. The number of benzene rings is 2. The standard InChI is InChI=1S/C31H41N5O3S/c1-6-8-9-24(7-2)30(38)35-19-18-34(20-23(35)4)28(37)21-40-31-33-32-29(25-12-10-22(3)11-13-25)36(31)26-14-16-27(39-5)17-15-26/h10-17,23-24H,6-9,18-21H2,1-5H3.